The summed E-state index contributed by atoms with van der Waals surface area (Å²) in [6.45, 7) is 0.148. The topological polar surface area (TPSA) is 69.4 Å². The summed E-state index contributed by atoms with van der Waals surface area (Å²) in [4.78, 5) is 21.6. The number of benzene rings is 1. The van der Waals surface area contributed by atoms with E-state index in [2.05, 4.69) is 0 Å². The lowest BCUT2D eigenvalue weighted by Gasteiger charge is -2.10. The third-order valence-corrected chi connectivity index (χ3v) is 3.38. The maximum atomic E-state index is 13.1. The standard InChI is InChI=1S/C13H13F2NO4/c14-10-5-9(12(16(18)19)6-11(10)15)13(17)20-7-8-3-1-2-4-8/h5-6,8H,1-4,7H2. The summed E-state index contributed by atoms with van der Waals surface area (Å²) >= 11 is 0. The molecule has 20 heavy (non-hydrogen) atoms. The maximum absolute atomic E-state index is 13.1. The third-order valence-electron chi connectivity index (χ3n) is 3.38. The smallest absolute Gasteiger partial charge is 0.345 e. The largest absolute Gasteiger partial charge is 0.462 e. The van der Waals surface area contributed by atoms with E-state index in [1.54, 1.807) is 0 Å². The first kappa shape index (κ1) is 14.4. The van der Waals surface area contributed by atoms with E-state index in [1.165, 1.54) is 0 Å². The fourth-order valence-electron chi connectivity index (χ4n) is 2.30. The molecule has 1 fully saturated rings. The average molecular weight is 285 g/mol. The fourth-order valence-corrected chi connectivity index (χ4v) is 2.30. The van der Waals surface area contributed by atoms with Crippen molar-refractivity contribution in [2.75, 3.05) is 6.61 Å². The summed E-state index contributed by atoms with van der Waals surface area (Å²) in [5, 5.41) is 10.8. The van der Waals surface area contributed by atoms with Gasteiger partial charge in [0.05, 0.1) is 17.6 Å². The highest BCUT2D eigenvalue weighted by atomic mass is 19.2. The van der Waals surface area contributed by atoms with Crippen molar-refractivity contribution >= 4 is 11.7 Å². The van der Waals surface area contributed by atoms with Crippen molar-refractivity contribution in [3.05, 3.63) is 39.4 Å². The van der Waals surface area contributed by atoms with Crippen molar-refractivity contribution in [2.24, 2.45) is 5.92 Å². The van der Waals surface area contributed by atoms with Crippen LogP contribution in [0.1, 0.15) is 36.0 Å². The highest BCUT2D eigenvalue weighted by Gasteiger charge is 2.26. The first-order valence-corrected chi connectivity index (χ1v) is 6.29. The van der Waals surface area contributed by atoms with Crippen LogP contribution in [-0.2, 0) is 4.74 Å². The monoisotopic (exact) mass is 285 g/mol. The zero-order chi connectivity index (χ0) is 14.7. The van der Waals surface area contributed by atoms with Gasteiger partial charge >= 0.3 is 5.97 Å². The van der Waals surface area contributed by atoms with Gasteiger partial charge in [0.1, 0.15) is 5.56 Å². The predicted molar refractivity (Wildman–Crippen MR) is 65.3 cm³/mol. The summed E-state index contributed by atoms with van der Waals surface area (Å²) in [5.41, 5.74) is -1.35. The fraction of sp³-hybridized carbons (Fsp3) is 0.462. The third kappa shape index (κ3) is 3.09. The molecule has 108 valence electrons. The molecule has 5 nitrogen and oxygen atoms in total. The molecule has 0 aromatic heterocycles. The second-order valence-electron chi connectivity index (χ2n) is 4.79. The van der Waals surface area contributed by atoms with E-state index >= 15 is 0 Å². The van der Waals surface area contributed by atoms with Crippen LogP contribution in [0.5, 0.6) is 0 Å². The quantitative estimate of drug-likeness (QED) is 0.484. The van der Waals surface area contributed by atoms with Gasteiger partial charge in [0.25, 0.3) is 5.69 Å². The molecule has 0 bridgehead atoms. The van der Waals surface area contributed by atoms with Crippen molar-refractivity contribution in [3.63, 3.8) is 0 Å². The highest BCUT2D eigenvalue weighted by Crippen LogP contribution is 2.26. The van der Waals surface area contributed by atoms with Gasteiger partial charge in [0, 0.05) is 0 Å². The molecule has 0 N–H and O–H groups in total. The molecule has 1 saturated carbocycles. The second-order valence-corrected chi connectivity index (χ2v) is 4.79. The van der Waals surface area contributed by atoms with Gasteiger partial charge in [0.2, 0.25) is 0 Å². The van der Waals surface area contributed by atoms with Crippen LogP contribution in [0.4, 0.5) is 14.5 Å². The number of ether oxygens (including phenoxy) is 1. The number of nitro benzene ring substituents is 1. The molecule has 1 aliphatic rings. The van der Waals surface area contributed by atoms with Gasteiger partial charge < -0.3 is 4.74 Å². The molecule has 0 amide bonds. The Labute approximate surface area is 113 Å². The molecular weight excluding hydrogens is 272 g/mol. The Hall–Kier alpha value is -2.05. The van der Waals surface area contributed by atoms with Crippen LogP contribution < -0.4 is 0 Å². The molecule has 0 spiro atoms. The Morgan fingerprint density at radius 1 is 1.30 bits per heavy atom. The Morgan fingerprint density at radius 3 is 2.50 bits per heavy atom. The number of carbonyl (C=O) groups is 1. The number of hydrogen-bond acceptors (Lipinski definition) is 4. The molecule has 0 aliphatic heterocycles. The average Bonchev–Trinajstić information content (AvgIpc) is 2.91. The lowest BCUT2D eigenvalue weighted by molar-refractivity contribution is -0.385. The van der Waals surface area contributed by atoms with E-state index in [1.807, 2.05) is 0 Å². The minimum Gasteiger partial charge on any atom is -0.462 e. The molecule has 1 aromatic rings. The molecule has 0 radical (unpaired) electrons. The lowest BCUT2D eigenvalue weighted by Crippen LogP contribution is -2.14. The van der Waals surface area contributed by atoms with Crippen molar-refractivity contribution in [1.82, 2.24) is 0 Å². The minimum atomic E-state index is -1.37. The number of carbonyl (C=O) groups excluding carboxylic acids is 1. The van der Waals surface area contributed by atoms with Crippen LogP contribution in [-0.4, -0.2) is 17.5 Å². The SMILES string of the molecule is O=C(OCC1CCCC1)c1cc(F)c(F)cc1[N+](=O)[O-]. The number of halogens is 2. The van der Waals surface area contributed by atoms with E-state index in [0.29, 0.717) is 12.1 Å². The molecule has 1 aliphatic carbocycles. The van der Waals surface area contributed by atoms with E-state index in [0.717, 1.165) is 25.7 Å². The highest BCUT2D eigenvalue weighted by molar-refractivity contribution is 5.93. The summed E-state index contributed by atoms with van der Waals surface area (Å²) in [6.07, 6.45) is 4.00. The van der Waals surface area contributed by atoms with Gasteiger partial charge in [-0.3, -0.25) is 10.1 Å². The molecule has 2 rings (SSSR count). The van der Waals surface area contributed by atoms with Gasteiger partial charge in [-0.15, -0.1) is 0 Å². The Kier molecular flexibility index (Phi) is 4.26. The van der Waals surface area contributed by atoms with Crippen LogP contribution in [0, 0.1) is 27.7 Å². The summed E-state index contributed by atoms with van der Waals surface area (Å²) < 4.78 is 31.1. The summed E-state index contributed by atoms with van der Waals surface area (Å²) in [5.74, 6) is -3.45. The molecule has 7 heteroatoms. The van der Waals surface area contributed by atoms with Gasteiger partial charge in [-0.05, 0) is 24.8 Å². The molecule has 1 aromatic carbocycles. The number of nitro groups is 1. The number of hydrogen-bond donors (Lipinski definition) is 0. The Bertz CT molecular complexity index is 541. The Morgan fingerprint density at radius 2 is 1.90 bits per heavy atom. The van der Waals surface area contributed by atoms with Gasteiger partial charge in [-0.25, -0.2) is 13.6 Å². The lowest BCUT2D eigenvalue weighted by atomic mass is 10.1. The van der Waals surface area contributed by atoms with Crippen LogP contribution in [0.3, 0.4) is 0 Å². The summed E-state index contributed by atoms with van der Waals surface area (Å²) in [6, 6.07) is 0.895. The van der Waals surface area contributed by atoms with Crippen LogP contribution in [0.25, 0.3) is 0 Å². The van der Waals surface area contributed by atoms with E-state index in [-0.39, 0.29) is 12.5 Å². The van der Waals surface area contributed by atoms with E-state index in [9.17, 15) is 23.7 Å². The first-order valence-electron chi connectivity index (χ1n) is 6.29. The van der Waals surface area contributed by atoms with Crippen molar-refractivity contribution in [1.29, 1.82) is 0 Å². The second kappa shape index (κ2) is 5.94. The molecule has 0 atom stereocenters. The van der Waals surface area contributed by atoms with Crippen molar-refractivity contribution in [3.8, 4) is 0 Å². The number of nitrogens with zero attached hydrogens (tertiary/aromatic N) is 1. The van der Waals surface area contributed by atoms with Crippen molar-refractivity contribution < 1.29 is 23.2 Å². The maximum Gasteiger partial charge on any atom is 0.345 e. The Balaban J connectivity index is 2.15. The normalized spacial score (nSPS) is 15.3. The predicted octanol–water partition coefficient (Wildman–Crippen LogP) is 3.22. The zero-order valence-corrected chi connectivity index (χ0v) is 10.6. The van der Waals surface area contributed by atoms with Crippen molar-refractivity contribution in [2.45, 2.75) is 25.7 Å². The van der Waals surface area contributed by atoms with Gasteiger partial charge in [-0.1, -0.05) is 12.8 Å². The van der Waals surface area contributed by atoms with E-state index in [4.69, 9.17) is 4.74 Å². The van der Waals surface area contributed by atoms with Crippen LogP contribution in [0.15, 0.2) is 12.1 Å². The first-order chi connectivity index (χ1) is 9.49. The van der Waals surface area contributed by atoms with Gasteiger partial charge in [-0.2, -0.15) is 0 Å². The van der Waals surface area contributed by atoms with E-state index < -0.39 is 33.8 Å². The number of rotatable bonds is 4. The van der Waals surface area contributed by atoms with Crippen LogP contribution in [0.2, 0.25) is 0 Å². The molecule has 0 unspecified atom stereocenters. The van der Waals surface area contributed by atoms with Crippen LogP contribution >= 0.6 is 0 Å². The minimum absolute atomic E-state index is 0.148. The number of esters is 1. The molecule has 0 saturated heterocycles. The summed E-state index contributed by atoms with van der Waals surface area (Å²) in [7, 11) is 0. The molecular formula is C13H13F2NO4. The molecule has 0 heterocycles. The zero-order valence-electron chi connectivity index (χ0n) is 10.6. The van der Waals surface area contributed by atoms with Gasteiger partial charge in [0.15, 0.2) is 11.6 Å².